The molecule has 0 fully saturated rings. The van der Waals surface area contributed by atoms with Gasteiger partial charge in [0.05, 0.1) is 4.47 Å². The van der Waals surface area contributed by atoms with Crippen molar-refractivity contribution in [1.82, 2.24) is 4.98 Å². The number of carbonyl (C=O) groups is 1. The zero-order valence-corrected chi connectivity index (χ0v) is 9.04. The highest BCUT2D eigenvalue weighted by Gasteiger charge is 2.14. The van der Waals surface area contributed by atoms with Crippen molar-refractivity contribution in [3.05, 3.63) is 44.7 Å². The molecule has 4 nitrogen and oxygen atoms in total. The first-order chi connectivity index (χ1) is 7.11. The molecule has 0 saturated heterocycles. The topological polar surface area (TPSA) is 70.2 Å². The molecule has 1 aromatic carbocycles. The smallest absolute Gasteiger partial charge is 0.353 e. The van der Waals surface area contributed by atoms with Crippen LogP contribution in [0.4, 0.5) is 0 Å². The summed E-state index contributed by atoms with van der Waals surface area (Å²) in [5, 5.41) is 9.32. The highest BCUT2D eigenvalue weighted by molar-refractivity contribution is 9.10. The number of rotatable bonds is 1. The Morgan fingerprint density at radius 1 is 1.33 bits per heavy atom. The van der Waals surface area contributed by atoms with Gasteiger partial charge in [-0.2, -0.15) is 0 Å². The number of aromatic amines is 1. The molecule has 0 aliphatic heterocycles. The van der Waals surface area contributed by atoms with Crippen molar-refractivity contribution in [2.45, 2.75) is 0 Å². The van der Waals surface area contributed by atoms with Crippen LogP contribution in [0.2, 0.25) is 0 Å². The van der Waals surface area contributed by atoms with E-state index in [1.54, 1.807) is 24.3 Å². The summed E-state index contributed by atoms with van der Waals surface area (Å²) >= 11 is 2.98. The molecule has 1 heterocycles. The second-order valence-corrected chi connectivity index (χ2v) is 3.79. The first-order valence-electron chi connectivity index (χ1n) is 4.15. The Kier molecular flexibility index (Phi) is 2.32. The number of benzene rings is 1. The predicted octanol–water partition coefficient (Wildman–Crippen LogP) is 1.99. The molecular weight excluding hydrogens is 262 g/mol. The van der Waals surface area contributed by atoms with E-state index >= 15 is 0 Å². The molecule has 0 aliphatic carbocycles. The van der Waals surface area contributed by atoms with Crippen molar-refractivity contribution >= 4 is 32.8 Å². The van der Waals surface area contributed by atoms with E-state index in [1.165, 1.54) is 0 Å². The van der Waals surface area contributed by atoms with Crippen LogP contribution in [0.5, 0.6) is 0 Å². The molecule has 0 radical (unpaired) electrons. The number of carboxylic acids is 1. The van der Waals surface area contributed by atoms with Crippen molar-refractivity contribution < 1.29 is 9.90 Å². The van der Waals surface area contributed by atoms with E-state index in [0.717, 1.165) is 0 Å². The van der Waals surface area contributed by atoms with Crippen molar-refractivity contribution in [3.8, 4) is 0 Å². The van der Waals surface area contributed by atoms with Gasteiger partial charge in [-0.25, -0.2) is 4.79 Å². The number of nitrogens with one attached hydrogen (secondary N) is 1. The van der Waals surface area contributed by atoms with E-state index in [2.05, 4.69) is 20.9 Å². The van der Waals surface area contributed by atoms with Gasteiger partial charge in [0.25, 0.3) is 0 Å². The van der Waals surface area contributed by atoms with E-state index in [0.29, 0.717) is 10.9 Å². The Bertz CT molecular complexity index is 603. The van der Waals surface area contributed by atoms with E-state index < -0.39 is 5.97 Å². The number of para-hydroxylation sites is 1. The third kappa shape index (κ3) is 1.55. The zero-order chi connectivity index (χ0) is 11.0. The van der Waals surface area contributed by atoms with Crippen LogP contribution in [-0.4, -0.2) is 16.1 Å². The number of hydrogen-bond acceptors (Lipinski definition) is 2. The number of aromatic nitrogens is 1. The molecule has 0 aliphatic rings. The van der Waals surface area contributed by atoms with E-state index in [-0.39, 0.29) is 15.6 Å². The molecule has 0 atom stereocenters. The highest BCUT2D eigenvalue weighted by atomic mass is 79.9. The lowest BCUT2D eigenvalue weighted by Crippen LogP contribution is -2.12. The number of halogens is 1. The number of fused-ring (bicyclic) bond motifs is 1. The molecule has 0 amide bonds. The van der Waals surface area contributed by atoms with Crippen molar-refractivity contribution in [2.24, 2.45) is 0 Å². The lowest BCUT2D eigenvalue weighted by molar-refractivity contribution is 0.0689. The Hall–Kier alpha value is -1.62. The number of H-pyrrole nitrogens is 1. The fourth-order valence-corrected chi connectivity index (χ4v) is 1.84. The van der Waals surface area contributed by atoms with Crippen LogP contribution in [0, 0.1) is 0 Å². The maximum absolute atomic E-state index is 11.7. The quantitative estimate of drug-likeness (QED) is 0.830. The molecular formula is C10H6BrNO3. The summed E-state index contributed by atoms with van der Waals surface area (Å²) in [6.45, 7) is 0. The number of aromatic carboxylic acids is 1. The van der Waals surface area contributed by atoms with Gasteiger partial charge in [0, 0.05) is 10.9 Å². The molecule has 0 spiro atoms. The summed E-state index contributed by atoms with van der Waals surface area (Å²) in [5.41, 5.74) is 0.0727. The molecule has 0 bridgehead atoms. The van der Waals surface area contributed by atoms with Gasteiger partial charge in [-0.05, 0) is 28.1 Å². The summed E-state index contributed by atoms with van der Waals surface area (Å²) in [5.74, 6) is -1.16. The van der Waals surface area contributed by atoms with Crippen LogP contribution in [0.25, 0.3) is 10.9 Å². The molecule has 0 saturated carbocycles. The fourth-order valence-electron chi connectivity index (χ4n) is 1.36. The van der Waals surface area contributed by atoms with Crippen molar-refractivity contribution in [3.63, 3.8) is 0 Å². The minimum absolute atomic E-state index is 0.0497. The van der Waals surface area contributed by atoms with Crippen LogP contribution >= 0.6 is 15.9 Å². The van der Waals surface area contributed by atoms with Gasteiger partial charge in [0.15, 0.2) is 0 Å². The third-order valence-corrected chi connectivity index (χ3v) is 2.82. The largest absolute Gasteiger partial charge is 0.477 e. The SMILES string of the molecule is O=C(O)c1[nH]c2ccccc2c(=O)c1Br. The van der Waals surface area contributed by atoms with Gasteiger partial charge >= 0.3 is 5.97 Å². The standard InChI is InChI=1S/C10H6BrNO3/c11-7-8(10(14)15)12-6-4-2-1-3-5(6)9(7)13/h1-4H,(H,12,13)(H,14,15). The summed E-state index contributed by atoms with van der Waals surface area (Å²) in [7, 11) is 0. The fraction of sp³-hybridized carbons (Fsp3) is 0. The minimum atomic E-state index is -1.16. The Labute approximate surface area is 92.7 Å². The predicted molar refractivity (Wildman–Crippen MR) is 59.2 cm³/mol. The molecule has 15 heavy (non-hydrogen) atoms. The van der Waals surface area contributed by atoms with E-state index in [1.807, 2.05) is 0 Å². The maximum atomic E-state index is 11.7. The van der Waals surface area contributed by atoms with Crippen molar-refractivity contribution in [1.29, 1.82) is 0 Å². The summed E-state index contributed by atoms with van der Waals surface area (Å²) in [6.07, 6.45) is 0. The molecule has 1 aromatic heterocycles. The maximum Gasteiger partial charge on any atom is 0.353 e. The average Bonchev–Trinajstić information content (AvgIpc) is 2.23. The Balaban J connectivity index is 2.95. The van der Waals surface area contributed by atoms with Crippen LogP contribution in [0.3, 0.4) is 0 Å². The summed E-state index contributed by atoms with van der Waals surface area (Å²) < 4.78 is 0.0497. The van der Waals surface area contributed by atoms with Gasteiger partial charge in [-0.15, -0.1) is 0 Å². The van der Waals surface area contributed by atoms with Crippen molar-refractivity contribution in [2.75, 3.05) is 0 Å². The van der Waals surface area contributed by atoms with Crippen LogP contribution in [0.15, 0.2) is 33.5 Å². The van der Waals surface area contributed by atoms with Gasteiger partial charge in [-0.1, -0.05) is 12.1 Å². The normalized spacial score (nSPS) is 10.5. The Morgan fingerprint density at radius 3 is 2.67 bits per heavy atom. The monoisotopic (exact) mass is 267 g/mol. The van der Waals surface area contributed by atoms with Crippen LogP contribution < -0.4 is 5.43 Å². The molecule has 76 valence electrons. The lowest BCUT2D eigenvalue weighted by atomic mass is 10.2. The molecule has 2 rings (SSSR count). The third-order valence-electron chi connectivity index (χ3n) is 2.06. The van der Waals surface area contributed by atoms with E-state index in [4.69, 9.17) is 5.11 Å². The molecule has 2 N–H and O–H groups in total. The van der Waals surface area contributed by atoms with Gasteiger partial charge in [-0.3, -0.25) is 4.79 Å². The minimum Gasteiger partial charge on any atom is -0.477 e. The first kappa shape index (κ1) is 9.92. The second kappa shape index (κ2) is 3.51. The second-order valence-electron chi connectivity index (χ2n) is 2.99. The van der Waals surface area contributed by atoms with Gasteiger partial charge in [0.2, 0.25) is 5.43 Å². The number of carboxylic acid groups (broad SMARTS) is 1. The van der Waals surface area contributed by atoms with E-state index in [9.17, 15) is 9.59 Å². The number of pyridine rings is 1. The molecule has 5 heteroatoms. The summed E-state index contributed by atoms with van der Waals surface area (Å²) in [6, 6.07) is 6.77. The number of hydrogen-bond donors (Lipinski definition) is 2. The Morgan fingerprint density at radius 2 is 2.00 bits per heavy atom. The lowest BCUT2D eigenvalue weighted by Gasteiger charge is -2.02. The zero-order valence-electron chi connectivity index (χ0n) is 7.45. The first-order valence-corrected chi connectivity index (χ1v) is 4.94. The molecule has 2 aromatic rings. The van der Waals surface area contributed by atoms with Gasteiger partial charge in [0.1, 0.15) is 5.69 Å². The van der Waals surface area contributed by atoms with Crippen LogP contribution in [-0.2, 0) is 0 Å². The van der Waals surface area contributed by atoms with Gasteiger partial charge < -0.3 is 10.1 Å². The summed E-state index contributed by atoms with van der Waals surface area (Å²) in [4.78, 5) is 25.2. The average molecular weight is 268 g/mol. The molecule has 0 unspecified atom stereocenters. The highest BCUT2D eigenvalue weighted by Crippen LogP contribution is 2.15. The van der Waals surface area contributed by atoms with Crippen LogP contribution in [0.1, 0.15) is 10.5 Å².